The zero-order chi connectivity index (χ0) is 12.2. The first-order valence-corrected chi connectivity index (χ1v) is 6.57. The minimum atomic E-state index is 0.329. The van der Waals surface area contributed by atoms with Gasteiger partial charge in [-0.05, 0) is 54.3 Å². The first kappa shape index (κ1) is 13.9. The van der Waals surface area contributed by atoms with Gasteiger partial charge in [0.25, 0.3) is 0 Å². The third-order valence-corrected chi connectivity index (χ3v) is 4.02. The molecule has 1 aliphatic rings. The van der Waals surface area contributed by atoms with E-state index in [1.807, 2.05) is 7.05 Å². The van der Waals surface area contributed by atoms with Gasteiger partial charge in [-0.3, -0.25) is 9.80 Å². The minimum absolute atomic E-state index is 0.329. The number of rotatable bonds is 5. The van der Waals surface area contributed by atoms with Gasteiger partial charge in [0.1, 0.15) is 0 Å². The Hall–Kier alpha value is -0.120. The van der Waals surface area contributed by atoms with Gasteiger partial charge in [0, 0.05) is 31.2 Å². The van der Waals surface area contributed by atoms with Crippen molar-refractivity contribution in [2.45, 2.75) is 45.2 Å². The SMILES string of the molecule is CNCCCC(C)N1CCN(C)C(C)(C)C1. The van der Waals surface area contributed by atoms with Gasteiger partial charge in [-0.25, -0.2) is 0 Å². The van der Waals surface area contributed by atoms with Crippen molar-refractivity contribution in [2.24, 2.45) is 0 Å². The Balaban J connectivity index is 2.37. The molecule has 1 saturated heterocycles. The summed E-state index contributed by atoms with van der Waals surface area (Å²) in [5.41, 5.74) is 0.329. The molecular weight excluding hydrogens is 198 g/mol. The van der Waals surface area contributed by atoms with Crippen LogP contribution in [0.25, 0.3) is 0 Å². The molecule has 0 aliphatic carbocycles. The molecule has 0 amide bonds. The second-order valence-corrected chi connectivity index (χ2v) is 5.80. The van der Waals surface area contributed by atoms with Crippen LogP contribution < -0.4 is 5.32 Å². The van der Waals surface area contributed by atoms with Gasteiger partial charge in [0.2, 0.25) is 0 Å². The lowest BCUT2D eigenvalue weighted by atomic mass is 9.97. The highest BCUT2D eigenvalue weighted by Crippen LogP contribution is 2.21. The zero-order valence-corrected chi connectivity index (χ0v) is 11.7. The van der Waals surface area contributed by atoms with Gasteiger partial charge in [0.15, 0.2) is 0 Å². The molecule has 1 unspecified atom stereocenters. The summed E-state index contributed by atoms with van der Waals surface area (Å²) in [5.74, 6) is 0. The fourth-order valence-electron chi connectivity index (χ4n) is 2.41. The Labute approximate surface area is 101 Å². The first-order chi connectivity index (χ1) is 7.47. The molecule has 0 aromatic carbocycles. The predicted octanol–water partition coefficient (Wildman–Crippen LogP) is 1.40. The molecule has 0 aromatic rings. The number of hydrogen-bond acceptors (Lipinski definition) is 3. The topological polar surface area (TPSA) is 18.5 Å². The van der Waals surface area contributed by atoms with Crippen molar-refractivity contribution in [2.75, 3.05) is 40.3 Å². The van der Waals surface area contributed by atoms with E-state index in [-0.39, 0.29) is 0 Å². The Kier molecular flexibility index (Phi) is 5.22. The number of likely N-dealkylation sites (N-methyl/N-ethyl adjacent to an activating group) is 1. The van der Waals surface area contributed by atoms with Crippen LogP contribution >= 0.6 is 0 Å². The van der Waals surface area contributed by atoms with Crippen LogP contribution in [0.4, 0.5) is 0 Å². The van der Waals surface area contributed by atoms with Gasteiger partial charge in [-0.1, -0.05) is 0 Å². The summed E-state index contributed by atoms with van der Waals surface area (Å²) in [6.07, 6.45) is 2.59. The van der Waals surface area contributed by atoms with Crippen LogP contribution in [0.5, 0.6) is 0 Å². The lowest BCUT2D eigenvalue weighted by Crippen LogP contribution is -2.59. The van der Waals surface area contributed by atoms with Gasteiger partial charge >= 0.3 is 0 Å². The van der Waals surface area contributed by atoms with Crippen LogP contribution in [0.1, 0.15) is 33.6 Å². The van der Waals surface area contributed by atoms with Crippen molar-refractivity contribution < 1.29 is 0 Å². The van der Waals surface area contributed by atoms with E-state index in [4.69, 9.17) is 0 Å². The minimum Gasteiger partial charge on any atom is -0.320 e. The summed E-state index contributed by atoms with van der Waals surface area (Å²) < 4.78 is 0. The van der Waals surface area contributed by atoms with Crippen molar-refractivity contribution >= 4 is 0 Å². The molecule has 0 spiro atoms. The van der Waals surface area contributed by atoms with Crippen molar-refractivity contribution in [3.05, 3.63) is 0 Å². The maximum Gasteiger partial charge on any atom is 0.0277 e. The summed E-state index contributed by atoms with van der Waals surface area (Å²) >= 11 is 0. The second kappa shape index (κ2) is 5.99. The molecular formula is C13H29N3. The van der Waals surface area contributed by atoms with Crippen LogP contribution in [-0.2, 0) is 0 Å². The molecule has 3 heteroatoms. The van der Waals surface area contributed by atoms with Crippen LogP contribution in [0, 0.1) is 0 Å². The monoisotopic (exact) mass is 227 g/mol. The predicted molar refractivity (Wildman–Crippen MR) is 70.9 cm³/mol. The van der Waals surface area contributed by atoms with Gasteiger partial charge in [0.05, 0.1) is 0 Å². The first-order valence-electron chi connectivity index (χ1n) is 6.57. The Morgan fingerprint density at radius 1 is 1.31 bits per heavy atom. The van der Waals surface area contributed by atoms with Crippen LogP contribution in [0.15, 0.2) is 0 Å². The average Bonchev–Trinajstić information content (AvgIpc) is 2.22. The maximum absolute atomic E-state index is 3.22. The van der Waals surface area contributed by atoms with Crippen molar-refractivity contribution in [3.8, 4) is 0 Å². The zero-order valence-electron chi connectivity index (χ0n) is 11.7. The van der Waals surface area contributed by atoms with E-state index >= 15 is 0 Å². The normalized spacial score (nSPS) is 24.6. The van der Waals surface area contributed by atoms with Gasteiger partial charge < -0.3 is 5.32 Å². The van der Waals surface area contributed by atoms with Gasteiger partial charge in [-0.15, -0.1) is 0 Å². The van der Waals surface area contributed by atoms with Crippen molar-refractivity contribution in [1.82, 2.24) is 15.1 Å². The summed E-state index contributed by atoms with van der Waals surface area (Å²) in [7, 11) is 4.27. The molecule has 0 saturated carbocycles. The van der Waals surface area contributed by atoms with Crippen LogP contribution in [-0.4, -0.2) is 61.7 Å². The van der Waals surface area contributed by atoms with E-state index in [2.05, 4.69) is 42.9 Å². The van der Waals surface area contributed by atoms with E-state index in [0.717, 1.165) is 12.6 Å². The smallest absolute Gasteiger partial charge is 0.0277 e. The van der Waals surface area contributed by atoms with E-state index in [1.165, 1.54) is 32.5 Å². The molecule has 3 nitrogen and oxygen atoms in total. The third kappa shape index (κ3) is 3.72. The van der Waals surface area contributed by atoms with E-state index in [1.54, 1.807) is 0 Å². The second-order valence-electron chi connectivity index (χ2n) is 5.80. The summed E-state index contributed by atoms with van der Waals surface area (Å²) in [6.45, 7) is 11.8. The molecule has 96 valence electrons. The highest BCUT2D eigenvalue weighted by Gasteiger charge is 2.32. The number of nitrogens with zero attached hydrogens (tertiary/aromatic N) is 2. The number of hydrogen-bond donors (Lipinski definition) is 1. The fourth-order valence-corrected chi connectivity index (χ4v) is 2.41. The molecule has 0 radical (unpaired) electrons. The molecule has 0 aromatic heterocycles. The van der Waals surface area contributed by atoms with Gasteiger partial charge in [-0.2, -0.15) is 0 Å². The standard InChI is InChI=1S/C13H29N3/c1-12(7-6-8-14-4)16-10-9-15(5)13(2,3)11-16/h12,14H,6-11H2,1-5H3. The van der Waals surface area contributed by atoms with E-state index in [9.17, 15) is 0 Å². The summed E-state index contributed by atoms with van der Waals surface area (Å²) in [6, 6.07) is 0.723. The Morgan fingerprint density at radius 3 is 2.56 bits per heavy atom. The lowest BCUT2D eigenvalue weighted by Gasteiger charge is -2.47. The Bertz CT molecular complexity index is 203. The molecule has 1 heterocycles. The lowest BCUT2D eigenvalue weighted by molar-refractivity contribution is 0.0185. The highest BCUT2D eigenvalue weighted by molar-refractivity contribution is 4.89. The van der Waals surface area contributed by atoms with Crippen LogP contribution in [0.2, 0.25) is 0 Å². The van der Waals surface area contributed by atoms with Crippen LogP contribution in [0.3, 0.4) is 0 Å². The largest absolute Gasteiger partial charge is 0.320 e. The molecule has 1 aliphatic heterocycles. The quantitative estimate of drug-likeness (QED) is 0.716. The van der Waals surface area contributed by atoms with Crippen molar-refractivity contribution in [1.29, 1.82) is 0 Å². The maximum atomic E-state index is 3.22. The molecule has 1 fully saturated rings. The molecule has 0 bridgehead atoms. The molecule has 1 rings (SSSR count). The Morgan fingerprint density at radius 2 is 2.00 bits per heavy atom. The average molecular weight is 227 g/mol. The van der Waals surface area contributed by atoms with Crippen molar-refractivity contribution in [3.63, 3.8) is 0 Å². The number of piperazine rings is 1. The summed E-state index contributed by atoms with van der Waals surface area (Å²) in [5, 5.41) is 3.22. The fraction of sp³-hybridized carbons (Fsp3) is 1.00. The van der Waals surface area contributed by atoms with E-state index < -0.39 is 0 Å². The number of nitrogens with one attached hydrogen (secondary N) is 1. The molecule has 16 heavy (non-hydrogen) atoms. The molecule has 1 N–H and O–H groups in total. The molecule has 1 atom stereocenters. The highest BCUT2D eigenvalue weighted by atomic mass is 15.3. The summed E-state index contributed by atoms with van der Waals surface area (Å²) in [4.78, 5) is 5.12. The van der Waals surface area contributed by atoms with E-state index in [0.29, 0.717) is 5.54 Å². The third-order valence-electron chi connectivity index (χ3n) is 4.02.